The van der Waals surface area contributed by atoms with E-state index >= 15 is 0 Å². The molecule has 1 unspecified atom stereocenters. The Balaban J connectivity index is 0. The van der Waals surface area contributed by atoms with Crippen molar-refractivity contribution in [3.8, 4) is 0 Å². The molecule has 0 bridgehead atoms. The Morgan fingerprint density at radius 1 is 1.45 bits per heavy atom. The molecule has 4 N–H and O–H groups in total. The number of hydrogen-bond acceptors (Lipinski definition) is 3. The number of nitrogens with two attached hydrogens (primary N) is 1. The number of aliphatic carboxylic acids is 2. The number of carboxylic acids is 2. The molecule has 0 saturated heterocycles. The Labute approximate surface area is 64.8 Å². The van der Waals surface area contributed by atoms with E-state index in [1.165, 1.54) is 0 Å². The first-order valence-corrected chi connectivity index (χ1v) is 3.04. The van der Waals surface area contributed by atoms with Crippen molar-refractivity contribution in [1.82, 2.24) is 0 Å². The van der Waals surface area contributed by atoms with Crippen molar-refractivity contribution in [3.05, 3.63) is 0 Å². The normalized spacial score (nSPS) is 10.8. The van der Waals surface area contributed by atoms with Crippen LogP contribution in [-0.2, 0) is 9.59 Å². The van der Waals surface area contributed by atoms with E-state index in [0.29, 0.717) is 0 Å². The van der Waals surface area contributed by atoms with E-state index < -0.39 is 17.9 Å². The van der Waals surface area contributed by atoms with Crippen LogP contribution in [0, 0.1) is 5.92 Å². The van der Waals surface area contributed by atoms with Gasteiger partial charge in [0.25, 0.3) is 5.97 Å². The van der Waals surface area contributed by atoms with Gasteiger partial charge in [0.15, 0.2) is 0 Å². The van der Waals surface area contributed by atoms with Crippen LogP contribution in [0.1, 0.15) is 13.8 Å². The third kappa shape index (κ3) is 17.6. The van der Waals surface area contributed by atoms with Gasteiger partial charge in [-0.05, 0) is 0 Å². The number of hydrogen-bond donors (Lipinski definition) is 3. The molecule has 66 valence electrons. The molecule has 11 heavy (non-hydrogen) atoms. The smallest absolute Gasteiger partial charge is 0.307 e. The maximum atomic E-state index is 9.85. The van der Waals surface area contributed by atoms with Crippen LogP contribution in [0.25, 0.3) is 0 Å². The molecule has 0 amide bonds. The molecule has 0 aromatic heterocycles. The molecule has 5 nitrogen and oxygen atoms in total. The van der Waals surface area contributed by atoms with Crippen LogP contribution < -0.4 is 5.73 Å². The molecule has 0 aliphatic heterocycles. The third-order valence-electron chi connectivity index (χ3n) is 0.775. The minimum absolute atomic E-state index is 0.218. The Morgan fingerprint density at radius 2 is 1.73 bits per heavy atom. The first-order valence-electron chi connectivity index (χ1n) is 3.04. The number of carbonyl (C=O) groups is 2. The van der Waals surface area contributed by atoms with Crippen molar-refractivity contribution in [1.29, 1.82) is 0 Å². The van der Waals surface area contributed by atoms with Gasteiger partial charge in [-0.2, -0.15) is 0 Å². The summed E-state index contributed by atoms with van der Waals surface area (Å²) in [6, 6.07) is 0. The highest BCUT2D eigenvalue weighted by atomic mass is 16.4. The topological polar surface area (TPSA) is 101 Å². The molecular formula is C6H13NO4. The summed E-state index contributed by atoms with van der Waals surface area (Å²) < 4.78 is 0. The summed E-state index contributed by atoms with van der Waals surface area (Å²) in [7, 11) is 0. The van der Waals surface area contributed by atoms with Crippen LogP contribution in [-0.4, -0.2) is 28.7 Å². The second-order valence-electron chi connectivity index (χ2n) is 1.99. The van der Waals surface area contributed by atoms with Crippen LogP contribution in [0.3, 0.4) is 0 Å². The van der Waals surface area contributed by atoms with E-state index in [2.05, 4.69) is 0 Å². The van der Waals surface area contributed by atoms with Gasteiger partial charge in [0.2, 0.25) is 0 Å². The second-order valence-corrected chi connectivity index (χ2v) is 1.99. The van der Waals surface area contributed by atoms with Crippen LogP contribution in [0.2, 0.25) is 0 Å². The zero-order valence-corrected chi connectivity index (χ0v) is 6.57. The van der Waals surface area contributed by atoms with Crippen molar-refractivity contribution >= 4 is 11.9 Å². The van der Waals surface area contributed by atoms with E-state index in [-0.39, 0.29) is 6.54 Å². The van der Waals surface area contributed by atoms with Crippen LogP contribution in [0.15, 0.2) is 0 Å². The molecule has 0 fully saturated rings. The number of carboxylic acid groups (broad SMARTS) is 2. The average molecular weight is 163 g/mol. The van der Waals surface area contributed by atoms with Crippen LogP contribution in [0.5, 0.6) is 0 Å². The fourth-order valence-electron chi connectivity index (χ4n) is 0.101. The molecule has 5 heteroatoms. The van der Waals surface area contributed by atoms with Crippen LogP contribution >= 0.6 is 0 Å². The summed E-state index contributed by atoms with van der Waals surface area (Å²) in [6.07, 6.45) is 0. The first kappa shape index (κ1) is 12.6. The largest absolute Gasteiger partial charge is 0.481 e. The molecule has 0 heterocycles. The lowest BCUT2D eigenvalue weighted by molar-refractivity contribution is -0.140. The minimum Gasteiger partial charge on any atom is -0.481 e. The molecule has 0 rings (SSSR count). The lowest BCUT2D eigenvalue weighted by atomic mass is 10.2. The quantitative estimate of drug-likeness (QED) is 0.521. The van der Waals surface area contributed by atoms with E-state index in [9.17, 15) is 4.79 Å². The minimum atomic E-state index is -0.833. The molecule has 0 aliphatic rings. The molecule has 0 radical (unpaired) electrons. The van der Waals surface area contributed by atoms with Crippen molar-refractivity contribution in [2.24, 2.45) is 11.7 Å². The van der Waals surface area contributed by atoms with E-state index in [4.69, 9.17) is 20.7 Å². The van der Waals surface area contributed by atoms with Crippen molar-refractivity contribution in [2.75, 3.05) is 6.54 Å². The van der Waals surface area contributed by atoms with E-state index in [1.54, 1.807) is 6.92 Å². The van der Waals surface area contributed by atoms with Crippen molar-refractivity contribution in [2.45, 2.75) is 13.8 Å². The predicted molar refractivity (Wildman–Crippen MR) is 39.2 cm³/mol. The fraction of sp³-hybridized carbons (Fsp3) is 0.667. The average Bonchev–Trinajstić information content (AvgIpc) is 1.85. The molecule has 0 spiro atoms. The molecule has 0 aromatic rings. The number of rotatable bonds is 2. The zero-order chi connectivity index (χ0) is 9.44. The Hall–Kier alpha value is -1.10. The maximum Gasteiger partial charge on any atom is 0.307 e. The molecule has 1 atom stereocenters. The van der Waals surface area contributed by atoms with Gasteiger partial charge in [-0.25, -0.2) is 0 Å². The summed E-state index contributed by atoms with van der Waals surface area (Å²) in [6.45, 7) is 2.87. The molecule has 0 aromatic carbocycles. The summed E-state index contributed by atoms with van der Waals surface area (Å²) in [5, 5.41) is 15.5. The molecule has 0 aliphatic carbocycles. The van der Waals surface area contributed by atoms with Gasteiger partial charge in [0.05, 0.1) is 5.92 Å². The lowest BCUT2D eigenvalue weighted by Crippen LogP contribution is -2.19. The van der Waals surface area contributed by atoms with Gasteiger partial charge < -0.3 is 15.9 Å². The van der Waals surface area contributed by atoms with Gasteiger partial charge in [0.1, 0.15) is 0 Å². The van der Waals surface area contributed by atoms with Crippen molar-refractivity contribution < 1.29 is 19.8 Å². The van der Waals surface area contributed by atoms with Gasteiger partial charge in [0, 0.05) is 13.5 Å². The summed E-state index contributed by atoms with van der Waals surface area (Å²) in [4.78, 5) is 18.9. The highest BCUT2D eigenvalue weighted by molar-refractivity contribution is 5.69. The molecule has 0 saturated carbocycles. The first-order chi connectivity index (χ1) is 4.91. The van der Waals surface area contributed by atoms with Gasteiger partial charge in [-0.1, -0.05) is 6.92 Å². The van der Waals surface area contributed by atoms with Gasteiger partial charge in [-0.15, -0.1) is 0 Å². The lowest BCUT2D eigenvalue weighted by Gasteiger charge is -1.96. The van der Waals surface area contributed by atoms with Gasteiger partial charge >= 0.3 is 5.97 Å². The Kier molecular flexibility index (Phi) is 8.01. The predicted octanol–water partition coefficient (Wildman–Crippen LogP) is -0.243. The highest BCUT2D eigenvalue weighted by Gasteiger charge is 2.05. The van der Waals surface area contributed by atoms with E-state index in [1.807, 2.05) is 0 Å². The monoisotopic (exact) mass is 163 g/mol. The van der Waals surface area contributed by atoms with Gasteiger partial charge in [-0.3, -0.25) is 9.59 Å². The Bertz CT molecular complexity index is 131. The zero-order valence-electron chi connectivity index (χ0n) is 6.57. The summed E-state index contributed by atoms with van der Waals surface area (Å²) >= 11 is 0. The highest BCUT2D eigenvalue weighted by Crippen LogP contribution is 1.87. The third-order valence-corrected chi connectivity index (χ3v) is 0.775. The summed E-state index contributed by atoms with van der Waals surface area (Å²) in [5.41, 5.74) is 4.99. The summed E-state index contributed by atoms with van der Waals surface area (Å²) in [5.74, 6) is -2.07. The van der Waals surface area contributed by atoms with Crippen molar-refractivity contribution in [3.63, 3.8) is 0 Å². The molecular weight excluding hydrogens is 150 g/mol. The van der Waals surface area contributed by atoms with Crippen LogP contribution in [0.4, 0.5) is 0 Å². The SMILES string of the molecule is CC(=O)O.CC(CN)C(=O)O. The standard InChI is InChI=1S/C4H9NO2.C2H4O2/c1-3(2-5)4(6)7;1-2(3)4/h3H,2,5H2,1H3,(H,6,7);1H3,(H,3,4). The fourth-order valence-corrected chi connectivity index (χ4v) is 0.101. The second kappa shape index (κ2) is 7.01. The maximum absolute atomic E-state index is 9.85. The Morgan fingerprint density at radius 3 is 1.73 bits per heavy atom. The van der Waals surface area contributed by atoms with E-state index in [0.717, 1.165) is 6.92 Å².